The zero-order valence-corrected chi connectivity index (χ0v) is 23.1. The summed E-state index contributed by atoms with van der Waals surface area (Å²) in [4.78, 5) is 73.4. The SMILES string of the molecule is CC(S)C(=O)OCCCn1c(=O)n(CCCOC(=O)C(C)S)c(=O)n(CCCOC(=O)C(C)S)c1=O. The second kappa shape index (κ2) is 15.9. The maximum Gasteiger partial charge on any atom is 0.336 e. The Labute approximate surface area is 224 Å². The fraction of sp³-hybridized carbons (Fsp3) is 0.714. The van der Waals surface area contributed by atoms with Gasteiger partial charge in [0.05, 0.1) is 35.6 Å². The molecule has 0 aromatic carbocycles. The molecule has 0 spiro atoms. The third-order valence-electron chi connectivity index (χ3n) is 4.72. The summed E-state index contributed by atoms with van der Waals surface area (Å²) in [5.74, 6) is -1.62. The Hall–Kier alpha value is -2.13. The normalized spacial score (nSPS) is 13.5. The largest absolute Gasteiger partial charge is 0.465 e. The van der Waals surface area contributed by atoms with E-state index in [1.807, 2.05) is 0 Å². The van der Waals surface area contributed by atoms with Crippen LogP contribution in [0.3, 0.4) is 0 Å². The molecule has 0 saturated heterocycles. The first-order chi connectivity index (χ1) is 16.9. The van der Waals surface area contributed by atoms with Gasteiger partial charge in [0.25, 0.3) is 0 Å². The van der Waals surface area contributed by atoms with E-state index >= 15 is 0 Å². The number of hydrogen-bond acceptors (Lipinski definition) is 12. The van der Waals surface area contributed by atoms with Crippen LogP contribution in [0.1, 0.15) is 40.0 Å². The first-order valence-corrected chi connectivity index (χ1v) is 12.9. The lowest BCUT2D eigenvalue weighted by molar-refractivity contribution is -0.143. The molecule has 0 radical (unpaired) electrons. The Bertz CT molecular complexity index is 914. The molecular weight excluding hydrogens is 534 g/mol. The molecule has 1 aromatic heterocycles. The third-order valence-corrected chi connectivity index (χ3v) is 5.35. The van der Waals surface area contributed by atoms with Crippen LogP contribution in [0.4, 0.5) is 0 Å². The third kappa shape index (κ3) is 10.1. The van der Waals surface area contributed by atoms with Crippen LogP contribution >= 0.6 is 37.9 Å². The van der Waals surface area contributed by atoms with Crippen molar-refractivity contribution in [1.29, 1.82) is 0 Å². The quantitative estimate of drug-likeness (QED) is 0.115. The van der Waals surface area contributed by atoms with Crippen LogP contribution in [0.25, 0.3) is 0 Å². The number of carbonyl (C=O) groups is 3. The minimum Gasteiger partial charge on any atom is -0.465 e. The molecule has 0 saturated carbocycles. The Morgan fingerprint density at radius 3 is 1.00 bits per heavy atom. The van der Waals surface area contributed by atoms with E-state index in [1.165, 1.54) is 0 Å². The van der Waals surface area contributed by atoms with Crippen molar-refractivity contribution in [2.24, 2.45) is 0 Å². The van der Waals surface area contributed by atoms with Gasteiger partial charge in [0.2, 0.25) is 0 Å². The summed E-state index contributed by atoms with van der Waals surface area (Å²) in [6.45, 7) is 4.17. The highest BCUT2D eigenvalue weighted by Gasteiger charge is 2.17. The molecule has 0 N–H and O–H groups in total. The molecule has 204 valence electrons. The van der Waals surface area contributed by atoms with Crippen LogP contribution in [0, 0.1) is 0 Å². The van der Waals surface area contributed by atoms with Crippen molar-refractivity contribution >= 4 is 55.8 Å². The van der Waals surface area contributed by atoms with Gasteiger partial charge in [0.1, 0.15) is 0 Å². The van der Waals surface area contributed by atoms with Gasteiger partial charge >= 0.3 is 35.0 Å². The van der Waals surface area contributed by atoms with E-state index in [1.54, 1.807) is 20.8 Å². The van der Waals surface area contributed by atoms with Crippen molar-refractivity contribution in [3.8, 4) is 0 Å². The molecule has 36 heavy (non-hydrogen) atoms. The van der Waals surface area contributed by atoms with Crippen LogP contribution in [-0.4, -0.2) is 67.2 Å². The van der Waals surface area contributed by atoms with Crippen molar-refractivity contribution in [2.75, 3.05) is 19.8 Å². The monoisotopic (exact) mass is 567 g/mol. The molecule has 1 aromatic rings. The van der Waals surface area contributed by atoms with E-state index in [9.17, 15) is 28.8 Å². The highest BCUT2D eigenvalue weighted by Crippen LogP contribution is 1.99. The van der Waals surface area contributed by atoms with Crippen molar-refractivity contribution in [2.45, 2.75) is 75.4 Å². The number of hydrogen-bond donors (Lipinski definition) is 3. The molecule has 15 heteroatoms. The predicted octanol–water partition coefficient (Wildman–Crippen LogP) is -0.0735. The molecule has 1 rings (SSSR count). The summed E-state index contributed by atoms with van der Waals surface area (Å²) in [7, 11) is 0. The highest BCUT2D eigenvalue weighted by atomic mass is 32.1. The lowest BCUT2D eigenvalue weighted by Gasteiger charge is -2.15. The summed E-state index contributed by atoms with van der Waals surface area (Å²) >= 11 is 11.9. The summed E-state index contributed by atoms with van der Waals surface area (Å²) in [6.07, 6.45) is 0.442. The molecular formula is C21H33N3O9S3. The molecule has 0 aliphatic heterocycles. The lowest BCUT2D eigenvalue weighted by atomic mass is 10.4. The van der Waals surface area contributed by atoms with E-state index in [2.05, 4.69) is 37.9 Å². The zero-order chi connectivity index (χ0) is 27.4. The van der Waals surface area contributed by atoms with Gasteiger partial charge in [-0.15, -0.1) is 0 Å². The smallest absolute Gasteiger partial charge is 0.336 e. The number of aromatic nitrogens is 3. The summed E-state index contributed by atoms with van der Waals surface area (Å²) in [5.41, 5.74) is -2.50. The molecule has 1 heterocycles. The van der Waals surface area contributed by atoms with Gasteiger partial charge in [0.15, 0.2) is 0 Å². The van der Waals surface area contributed by atoms with E-state index in [0.717, 1.165) is 13.7 Å². The van der Waals surface area contributed by atoms with Crippen LogP contribution < -0.4 is 17.1 Å². The molecule has 0 fully saturated rings. The topological polar surface area (TPSA) is 145 Å². The fourth-order valence-electron chi connectivity index (χ4n) is 2.80. The zero-order valence-electron chi connectivity index (χ0n) is 20.5. The molecule has 12 nitrogen and oxygen atoms in total. The molecule has 0 amide bonds. The maximum absolute atomic E-state index is 12.9. The van der Waals surface area contributed by atoms with Crippen LogP contribution in [-0.2, 0) is 48.2 Å². The van der Waals surface area contributed by atoms with E-state index < -0.39 is 50.7 Å². The lowest BCUT2D eigenvalue weighted by Crippen LogP contribution is -2.54. The summed E-state index contributed by atoms with van der Waals surface area (Å²) < 4.78 is 17.7. The average molecular weight is 568 g/mol. The van der Waals surface area contributed by atoms with Crippen molar-refractivity contribution < 1.29 is 28.6 Å². The van der Waals surface area contributed by atoms with Crippen LogP contribution in [0.2, 0.25) is 0 Å². The number of carbonyl (C=O) groups excluding carboxylic acids is 3. The van der Waals surface area contributed by atoms with Gasteiger partial charge in [-0.25, -0.2) is 28.1 Å². The van der Waals surface area contributed by atoms with Gasteiger partial charge in [0, 0.05) is 19.6 Å². The molecule has 3 atom stereocenters. The first kappa shape index (κ1) is 31.9. The van der Waals surface area contributed by atoms with Crippen LogP contribution in [0.5, 0.6) is 0 Å². The number of ether oxygens (including phenoxy) is 3. The second-order valence-electron chi connectivity index (χ2n) is 7.89. The first-order valence-electron chi connectivity index (χ1n) is 11.4. The number of esters is 3. The Balaban J connectivity index is 3.07. The van der Waals surface area contributed by atoms with Gasteiger partial charge in [-0.2, -0.15) is 37.9 Å². The standard InChI is InChI=1S/C21H33N3O9S3/c1-13(34)16(25)31-10-4-7-22-19(28)23(8-5-11-32-17(26)14(2)35)21(30)24(20(22)29)9-6-12-33-18(27)15(3)36/h13-15,34-36H,4-12H2,1-3H3. The van der Waals surface area contributed by atoms with Crippen molar-refractivity contribution in [3.05, 3.63) is 31.5 Å². The predicted molar refractivity (Wildman–Crippen MR) is 141 cm³/mol. The molecule has 0 aliphatic carbocycles. The maximum atomic E-state index is 12.9. The highest BCUT2D eigenvalue weighted by molar-refractivity contribution is 7.82. The summed E-state index contributed by atoms with van der Waals surface area (Å²) in [5, 5.41) is -1.86. The molecule has 3 unspecified atom stereocenters. The fourth-order valence-corrected chi connectivity index (χ4v) is 3.03. The van der Waals surface area contributed by atoms with Crippen molar-refractivity contribution in [3.63, 3.8) is 0 Å². The van der Waals surface area contributed by atoms with E-state index in [4.69, 9.17) is 14.2 Å². The van der Waals surface area contributed by atoms with E-state index in [-0.39, 0.29) is 58.7 Å². The second-order valence-corrected chi connectivity index (χ2v) is 10.2. The average Bonchev–Trinajstić information content (AvgIpc) is 2.81. The Morgan fingerprint density at radius 1 is 0.583 bits per heavy atom. The Morgan fingerprint density at radius 2 is 0.806 bits per heavy atom. The minimum atomic E-state index is -0.834. The summed E-state index contributed by atoms with van der Waals surface area (Å²) in [6, 6.07) is 0. The van der Waals surface area contributed by atoms with Gasteiger partial charge in [-0.05, 0) is 40.0 Å². The van der Waals surface area contributed by atoms with E-state index in [0.29, 0.717) is 0 Å². The van der Waals surface area contributed by atoms with Gasteiger partial charge in [-0.1, -0.05) is 0 Å². The van der Waals surface area contributed by atoms with Crippen molar-refractivity contribution in [1.82, 2.24) is 13.7 Å². The van der Waals surface area contributed by atoms with Gasteiger partial charge in [-0.3, -0.25) is 14.4 Å². The van der Waals surface area contributed by atoms with Gasteiger partial charge < -0.3 is 14.2 Å². The molecule has 0 bridgehead atoms. The Kier molecular flexibility index (Phi) is 14.1. The number of nitrogens with zero attached hydrogens (tertiary/aromatic N) is 3. The number of rotatable bonds is 15. The number of thiol groups is 3. The van der Waals surface area contributed by atoms with Crippen LogP contribution in [0.15, 0.2) is 14.4 Å². The minimum absolute atomic E-state index is 0.0511. The molecule has 0 aliphatic rings.